The summed E-state index contributed by atoms with van der Waals surface area (Å²) in [7, 11) is -2.94. The molecule has 170 valence electrons. The SMILES string of the molecule is CC1CCN(c2ccc([N+](=O)[O-])cc2C(=O)N2CCN(C3CCS(=O)(=O)C3)CC2)CC1. The van der Waals surface area contributed by atoms with Gasteiger partial charge in [-0.05, 0) is 31.2 Å². The van der Waals surface area contributed by atoms with Crippen molar-refractivity contribution >= 4 is 27.1 Å². The van der Waals surface area contributed by atoms with Crippen molar-refractivity contribution in [1.29, 1.82) is 0 Å². The van der Waals surface area contributed by atoms with E-state index < -0.39 is 14.8 Å². The summed E-state index contributed by atoms with van der Waals surface area (Å²) >= 11 is 0. The Morgan fingerprint density at radius 1 is 1.06 bits per heavy atom. The first-order chi connectivity index (χ1) is 14.7. The number of amides is 1. The van der Waals surface area contributed by atoms with Crippen LogP contribution in [0.5, 0.6) is 0 Å². The molecule has 3 saturated heterocycles. The molecule has 0 saturated carbocycles. The van der Waals surface area contributed by atoms with Crippen LogP contribution in [0.2, 0.25) is 0 Å². The van der Waals surface area contributed by atoms with E-state index in [1.54, 1.807) is 11.0 Å². The highest BCUT2D eigenvalue weighted by Gasteiger charge is 2.35. The van der Waals surface area contributed by atoms with Crippen LogP contribution in [0.25, 0.3) is 0 Å². The molecular formula is C21H30N4O5S. The Balaban J connectivity index is 1.49. The third-order valence-corrected chi connectivity index (χ3v) is 8.62. The molecule has 1 atom stereocenters. The van der Waals surface area contributed by atoms with E-state index in [-0.39, 0.29) is 29.1 Å². The van der Waals surface area contributed by atoms with Gasteiger partial charge in [0.25, 0.3) is 11.6 Å². The van der Waals surface area contributed by atoms with Gasteiger partial charge < -0.3 is 9.80 Å². The number of non-ortho nitro benzene ring substituents is 1. The van der Waals surface area contributed by atoms with Gasteiger partial charge in [-0.25, -0.2) is 8.42 Å². The third kappa shape index (κ3) is 4.85. The zero-order valence-electron chi connectivity index (χ0n) is 17.9. The van der Waals surface area contributed by atoms with Crippen LogP contribution in [0.4, 0.5) is 11.4 Å². The molecule has 1 amide bonds. The lowest BCUT2D eigenvalue weighted by Gasteiger charge is -2.38. The number of rotatable bonds is 4. The van der Waals surface area contributed by atoms with Gasteiger partial charge in [-0.1, -0.05) is 6.92 Å². The van der Waals surface area contributed by atoms with E-state index in [0.717, 1.165) is 31.6 Å². The Bertz CT molecular complexity index is 951. The second kappa shape index (κ2) is 8.74. The standard InChI is InChI=1S/C21H30N4O5S/c1-16-4-7-23(8-5-16)20-3-2-17(25(27)28)14-19(20)21(26)24-11-9-22(10-12-24)18-6-13-31(29,30)15-18/h2-3,14,16,18H,4-13,15H2,1H3. The molecule has 0 N–H and O–H groups in total. The zero-order valence-corrected chi connectivity index (χ0v) is 18.7. The van der Waals surface area contributed by atoms with Crippen LogP contribution in [-0.2, 0) is 9.84 Å². The van der Waals surface area contributed by atoms with Crippen LogP contribution in [0.1, 0.15) is 36.5 Å². The molecule has 3 heterocycles. The number of piperazine rings is 1. The maximum absolute atomic E-state index is 13.4. The summed E-state index contributed by atoms with van der Waals surface area (Å²) in [5.74, 6) is 0.892. The lowest BCUT2D eigenvalue weighted by atomic mass is 9.97. The summed E-state index contributed by atoms with van der Waals surface area (Å²) in [5.41, 5.74) is 1.08. The normalized spacial score (nSPS) is 25.0. The maximum atomic E-state index is 13.4. The molecule has 0 bridgehead atoms. The molecule has 4 rings (SSSR count). The number of hydrogen-bond donors (Lipinski definition) is 0. The minimum Gasteiger partial charge on any atom is -0.371 e. The summed E-state index contributed by atoms with van der Waals surface area (Å²) in [4.78, 5) is 30.3. The number of nitro benzene ring substituents is 1. The van der Waals surface area contributed by atoms with Gasteiger partial charge in [0, 0.05) is 57.4 Å². The quantitative estimate of drug-likeness (QED) is 0.509. The maximum Gasteiger partial charge on any atom is 0.270 e. The van der Waals surface area contributed by atoms with Crippen molar-refractivity contribution < 1.29 is 18.1 Å². The van der Waals surface area contributed by atoms with Crippen LogP contribution in [-0.4, -0.2) is 85.9 Å². The fraction of sp³-hybridized carbons (Fsp3) is 0.667. The van der Waals surface area contributed by atoms with Gasteiger partial charge in [0.05, 0.1) is 27.7 Å². The number of piperidine rings is 1. The van der Waals surface area contributed by atoms with E-state index in [1.807, 2.05) is 0 Å². The van der Waals surface area contributed by atoms with Crippen molar-refractivity contribution in [2.45, 2.75) is 32.2 Å². The van der Waals surface area contributed by atoms with Crippen LogP contribution < -0.4 is 4.90 Å². The number of carbonyl (C=O) groups excluding carboxylic acids is 1. The fourth-order valence-corrected chi connectivity index (χ4v) is 6.62. The van der Waals surface area contributed by atoms with Gasteiger partial charge in [-0.15, -0.1) is 0 Å². The van der Waals surface area contributed by atoms with E-state index >= 15 is 0 Å². The summed E-state index contributed by atoms with van der Waals surface area (Å²) in [6.45, 7) is 6.12. The van der Waals surface area contributed by atoms with Crippen LogP contribution in [0.15, 0.2) is 18.2 Å². The third-order valence-electron chi connectivity index (χ3n) is 6.87. The molecule has 3 aliphatic rings. The smallest absolute Gasteiger partial charge is 0.270 e. The van der Waals surface area contributed by atoms with Gasteiger partial charge in [-0.2, -0.15) is 0 Å². The number of nitro groups is 1. The predicted octanol–water partition coefficient (Wildman–Crippen LogP) is 1.78. The minimum atomic E-state index is -2.94. The summed E-state index contributed by atoms with van der Waals surface area (Å²) in [5, 5.41) is 11.3. The molecule has 10 heteroatoms. The monoisotopic (exact) mass is 450 g/mol. The average molecular weight is 451 g/mol. The Morgan fingerprint density at radius 3 is 2.32 bits per heavy atom. The van der Waals surface area contributed by atoms with Crippen molar-refractivity contribution in [3.63, 3.8) is 0 Å². The molecule has 0 aliphatic carbocycles. The van der Waals surface area contributed by atoms with Gasteiger partial charge in [0.2, 0.25) is 0 Å². The summed E-state index contributed by atoms with van der Waals surface area (Å²) in [6, 6.07) is 4.63. The molecule has 1 unspecified atom stereocenters. The number of sulfone groups is 1. The Morgan fingerprint density at radius 2 is 1.74 bits per heavy atom. The number of benzene rings is 1. The van der Waals surface area contributed by atoms with Crippen LogP contribution in [0.3, 0.4) is 0 Å². The lowest BCUT2D eigenvalue weighted by molar-refractivity contribution is -0.384. The molecule has 1 aromatic carbocycles. The number of anilines is 1. The minimum absolute atomic E-state index is 0.0333. The van der Waals surface area contributed by atoms with Crippen LogP contribution >= 0.6 is 0 Å². The molecule has 1 aromatic rings. The topological polar surface area (TPSA) is 104 Å². The van der Waals surface area contributed by atoms with Gasteiger partial charge >= 0.3 is 0 Å². The van der Waals surface area contributed by atoms with Crippen molar-refractivity contribution in [2.24, 2.45) is 5.92 Å². The molecule has 31 heavy (non-hydrogen) atoms. The van der Waals surface area contributed by atoms with Crippen molar-refractivity contribution in [1.82, 2.24) is 9.80 Å². The highest BCUT2D eigenvalue weighted by molar-refractivity contribution is 7.91. The van der Waals surface area contributed by atoms with E-state index in [2.05, 4.69) is 16.7 Å². The first-order valence-electron chi connectivity index (χ1n) is 11.0. The number of hydrogen-bond acceptors (Lipinski definition) is 7. The molecule has 0 spiro atoms. The Labute approximate surface area is 183 Å². The van der Waals surface area contributed by atoms with Crippen LogP contribution in [0, 0.1) is 16.0 Å². The molecule has 9 nitrogen and oxygen atoms in total. The largest absolute Gasteiger partial charge is 0.371 e. The molecule has 0 radical (unpaired) electrons. The molecule has 3 aliphatic heterocycles. The second-order valence-corrected chi connectivity index (χ2v) is 11.2. The molecule has 3 fully saturated rings. The first-order valence-corrected chi connectivity index (χ1v) is 12.8. The van der Waals surface area contributed by atoms with Crippen molar-refractivity contribution in [3.05, 3.63) is 33.9 Å². The highest BCUT2D eigenvalue weighted by Crippen LogP contribution is 2.31. The number of carbonyl (C=O) groups is 1. The Hall–Kier alpha value is -2.20. The van der Waals surface area contributed by atoms with E-state index in [1.165, 1.54) is 12.1 Å². The zero-order chi connectivity index (χ0) is 22.2. The van der Waals surface area contributed by atoms with Gasteiger partial charge in [-0.3, -0.25) is 19.8 Å². The second-order valence-electron chi connectivity index (χ2n) is 9.01. The molecular weight excluding hydrogens is 420 g/mol. The van der Waals surface area contributed by atoms with Gasteiger partial charge in [0.15, 0.2) is 9.84 Å². The average Bonchev–Trinajstić information content (AvgIpc) is 3.13. The predicted molar refractivity (Wildman–Crippen MR) is 118 cm³/mol. The van der Waals surface area contributed by atoms with Crippen molar-refractivity contribution in [2.75, 3.05) is 55.7 Å². The number of nitrogens with zero attached hydrogens (tertiary/aromatic N) is 4. The van der Waals surface area contributed by atoms with Crippen molar-refractivity contribution in [3.8, 4) is 0 Å². The first kappa shape index (κ1) is 22.0. The van der Waals surface area contributed by atoms with Gasteiger partial charge in [0.1, 0.15) is 0 Å². The van der Waals surface area contributed by atoms with E-state index in [0.29, 0.717) is 44.1 Å². The highest BCUT2D eigenvalue weighted by atomic mass is 32.2. The lowest BCUT2D eigenvalue weighted by Crippen LogP contribution is -2.52. The van der Waals surface area contributed by atoms with E-state index in [9.17, 15) is 23.3 Å². The summed E-state index contributed by atoms with van der Waals surface area (Å²) in [6.07, 6.45) is 2.72. The fourth-order valence-electron chi connectivity index (χ4n) is 4.86. The Kier molecular flexibility index (Phi) is 6.20. The summed E-state index contributed by atoms with van der Waals surface area (Å²) < 4.78 is 23.6. The molecule has 0 aromatic heterocycles. The van der Waals surface area contributed by atoms with E-state index in [4.69, 9.17) is 0 Å².